The van der Waals surface area contributed by atoms with Crippen molar-refractivity contribution in [3.8, 4) is 0 Å². The minimum Gasteiger partial charge on any atom is -0.481 e. The van der Waals surface area contributed by atoms with Crippen molar-refractivity contribution in [1.82, 2.24) is 4.90 Å². The average molecular weight is 227 g/mol. The van der Waals surface area contributed by atoms with Crippen LogP contribution >= 0.6 is 0 Å². The highest BCUT2D eigenvalue weighted by atomic mass is 16.4. The predicted octanol–water partition coefficient (Wildman–Crippen LogP) is 2.61. The van der Waals surface area contributed by atoms with Crippen LogP contribution < -0.4 is 0 Å². The summed E-state index contributed by atoms with van der Waals surface area (Å²) in [6, 6.07) is 0.660. The number of rotatable bonds is 5. The minimum atomic E-state index is -0.682. The quantitative estimate of drug-likeness (QED) is 0.785. The first kappa shape index (κ1) is 13.5. The molecule has 1 rings (SSSR count). The molecule has 1 fully saturated rings. The van der Waals surface area contributed by atoms with Crippen molar-refractivity contribution in [2.45, 2.75) is 52.0 Å². The molecule has 0 bridgehead atoms. The maximum absolute atomic E-state index is 10.4. The molecule has 1 aliphatic rings. The van der Waals surface area contributed by atoms with Gasteiger partial charge in [-0.2, -0.15) is 0 Å². The van der Waals surface area contributed by atoms with E-state index in [2.05, 4.69) is 25.8 Å². The Morgan fingerprint density at radius 3 is 2.31 bits per heavy atom. The Balaban J connectivity index is 2.29. The van der Waals surface area contributed by atoms with Gasteiger partial charge in [-0.25, -0.2) is 0 Å². The summed E-state index contributed by atoms with van der Waals surface area (Å²) in [7, 11) is 2.14. The maximum Gasteiger partial charge on any atom is 0.303 e. The molecule has 0 saturated heterocycles. The highest BCUT2D eigenvalue weighted by Crippen LogP contribution is 2.31. The van der Waals surface area contributed by atoms with Crippen LogP contribution in [-0.2, 0) is 4.79 Å². The van der Waals surface area contributed by atoms with Gasteiger partial charge in [-0.1, -0.05) is 13.8 Å². The molecule has 1 N–H and O–H groups in total. The van der Waals surface area contributed by atoms with Gasteiger partial charge < -0.3 is 10.0 Å². The van der Waals surface area contributed by atoms with Crippen LogP contribution in [0.3, 0.4) is 0 Å². The molecule has 0 amide bonds. The molecule has 0 heterocycles. The smallest absolute Gasteiger partial charge is 0.303 e. The first-order valence-electron chi connectivity index (χ1n) is 6.41. The third-order valence-electron chi connectivity index (χ3n) is 3.68. The van der Waals surface area contributed by atoms with Crippen molar-refractivity contribution in [3.05, 3.63) is 0 Å². The van der Waals surface area contributed by atoms with Crippen LogP contribution in [0.15, 0.2) is 0 Å². The summed E-state index contributed by atoms with van der Waals surface area (Å²) in [4.78, 5) is 12.8. The topological polar surface area (TPSA) is 40.5 Å². The highest BCUT2D eigenvalue weighted by Gasteiger charge is 2.26. The van der Waals surface area contributed by atoms with Gasteiger partial charge >= 0.3 is 5.97 Å². The summed E-state index contributed by atoms with van der Waals surface area (Å²) < 4.78 is 0. The van der Waals surface area contributed by atoms with Crippen molar-refractivity contribution in [1.29, 1.82) is 0 Å². The number of hydrogen-bond acceptors (Lipinski definition) is 2. The van der Waals surface area contributed by atoms with Gasteiger partial charge in [-0.15, -0.1) is 0 Å². The van der Waals surface area contributed by atoms with Crippen molar-refractivity contribution < 1.29 is 9.90 Å². The maximum atomic E-state index is 10.4. The molecule has 0 aromatic rings. The van der Waals surface area contributed by atoms with Crippen LogP contribution in [0.1, 0.15) is 46.0 Å². The lowest BCUT2D eigenvalue weighted by atomic mass is 9.80. The van der Waals surface area contributed by atoms with E-state index in [0.717, 1.165) is 24.8 Å². The van der Waals surface area contributed by atoms with E-state index < -0.39 is 5.97 Å². The Kier molecular flexibility index (Phi) is 5.26. The molecule has 16 heavy (non-hydrogen) atoms. The Hall–Kier alpha value is -0.570. The van der Waals surface area contributed by atoms with Gasteiger partial charge in [-0.3, -0.25) is 4.79 Å². The zero-order valence-corrected chi connectivity index (χ0v) is 10.8. The Morgan fingerprint density at radius 2 is 1.81 bits per heavy atom. The molecule has 0 aliphatic heterocycles. The molecule has 0 radical (unpaired) electrons. The summed E-state index contributed by atoms with van der Waals surface area (Å²) in [5, 5.41) is 8.60. The van der Waals surface area contributed by atoms with Gasteiger partial charge in [0.15, 0.2) is 0 Å². The number of aliphatic carboxylic acids is 1. The predicted molar refractivity (Wildman–Crippen MR) is 65.5 cm³/mol. The fourth-order valence-electron chi connectivity index (χ4n) is 2.93. The standard InChI is InChI=1S/C13H25NO2/c1-10-7-11(2)9-12(8-10)14(3)6-4-5-13(15)16/h10-12H,4-9H2,1-3H3,(H,15,16). The molecule has 0 aromatic heterocycles. The lowest BCUT2D eigenvalue weighted by Crippen LogP contribution is -2.38. The second-order valence-corrected chi connectivity index (χ2v) is 5.55. The molecule has 2 unspecified atom stereocenters. The molecule has 0 spiro atoms. The van der Waals surface area contributed by atoms with E-state index in [-0.39, 0.29) is 0 Å². The van der Waals surface area contributed by atoms with Crippen molar-refractivity contribution in [2.75, 3.05) is 13.6 Å². The van der Waals surface area contributed by atoms with Crippen molar-refractivity contribution in [2.24, 2.45) is 11.8 Å². The van der Waals surface area contributed by atoms with E-state index in [0.29, 0.717) is 12.5 Å². The molecule has 1 saturated carbocycles. The van der Waals surface area contributed by atoms with Gasteiger partial charge in [0.05, 0.1) is 0 Å². The fourth-order valence-corrected chi connectivity index (χ4v) is 2.93. The second-order valence-electron chi connectivity index (χ2n) is 5.55. The van der Waals surface area contributed by atoms with Gasteiger partial charge in [-0.05, 0) is 51.1 Å². The van der Waals surface area contributed by atoms with Crippen LogP contribution in [0.25, 0.3) is 0 Å². The number of carboxylic acids is 1. The van der Waals surface area contributed by atoms with E-state index in [1.165, 1.54) is 19.3 Å². The van der Waals surface area contributed by atoms with Crippen LogP contribution in [0.5, 0.6) is 0 Å². The van der Waals surface area contributed by atoms with Gasteiger partial charge in [0.2, 0.25) is 0 Å². The normalized spacial score (nSPS) is 30.6. The first-order chi connectivity index (χ1) is 7.49. The summed E-state index contributed by atoms with van der Waals surface area (Å²) in [5.74, 6) is 0.949. The summed E-state index contributed by atoms with van der Waals surface area (Å²) in [6.07, 6.45) is 4.95. The van der Waals surface area contributed by atoms with Crippen LogP contribution in [0.2, 0.25) is 0 Å². The summed E-state index contributed by atoms with van der Waals surface area (Å²) in [6.45, 7) is 5.57. The summed E-state index contributed by atoms with van der Waals surface area (Å²) in [5.41, 5.74) is 0. The fraction of sp³-hybridized carbons (Fsp3) is 0.923. The van der Waals surface area contributed by atoms with E-state index in [4.69, 9.17) is 5.11 Å². The molecular formula is C13H25NO2. The SMILES string of the molecule is CC1CC(C)CC(N(C)CCCC(=O)O)C1. The first-order valence-corrected chi connectivity index (χ1v) is 6.41. The van der Waals surface area contributed by atoms with Crippen LogP contribution in [0, 0.1) is 11.8 Å². The number of carbonyl (C=O) groups is 1. The molecule has 1 aliphatic carbocycles. The van der Waals surface area contributed by atoms with E-state index in [1.807, 2.05) is 0 Å². The lowest BCUT2D eigenvalue weighted by Gasteiger charge is -2.37. The third kappa shape index (κ3) is 4.52. The van der Waals surface area contributed by atoms with Gasteiger partial charge in [0.1, 0.15) is 0 Å². The van der Waals surface area contributed by atoms with Crippen LogP contribution in [-0.4, -0.2) is 35.6 Å². The Morgan fingerprint density at radius 1 is 1.25 bits per heavy atom. The van der Waals surface area contributed by atoms with Gasteiger partial charge in [0, 0.05) is 12.5 Å². The summed E-state index contributed by atoms with van der Waals surface area (Å²) >= 11 is 0. The second kappa shape index (κ2) is 6.24. The zero-order chi connectivity index (χ0) is 12.1. The van der Waals surface area contributed by atoms with E-state index >= 15 is 0 Å². The lowest BCUT2D eigenvalue weighted by molar-refractivity contribution is -0.137. The third-order valence-corrected chi connectivity index (χ3v) is 3.68. The highest BCUT2D eigenvalue weighted by molar-refractivity contribution is 5.66. The zero-order valence-electron chi connectivity index (χ0n) is 10.8. The Bertz CT molecular complexity index is 220. The molecule has 3 heteroatoms. The number of carboxylic acid groups (broad SMARTS) is 1. The van der Waals surface area contributed by atoms with Gasteiger partial charge in [0.25, 0.3) is 0 Å². The minimum absolute atomic E-state index is 0.294. The van der Waals surface area contributed by atoms with Crippen molar-refractivity contribution >= 4 is 5.97 Å². The number of hydrogen-bond donors (Lipinski definition) is 1. The molecular weight excluding hydrogens is 202 g/mol. The Labute approximate surface area is 98.8 Å². The molecule has 3 nitrogen and oxygen atoms in total. The molecule has 94 valence electrons. The number of nitrogens with zero attached hydrogens (tertiary/aromatic N) is 1. The van der Waals surface area contributed by atoms with Crippen LogP contribution in [0.4, 0.5) is 0 Å². The largest absolute Gasteiger partial charge is 0.481 e. The monoisotopic (exact) mass is 227 g/mol. The van der Waals surface area contributed by atoms with Crippen molar-refractivity contribution in [3.63, 3.8) is 0 Å². The van der Waals surface area contributed by atoms with E-state index in [9.17, 15) is 4.79 Å². The average Bonchev–Trinajstić information content (AvgIpc) is 2.15. The molecule has 0 aromatic carbocycles. The van der Waals surface area contributed by atoms with E-state index in [1.54, 1.807) is 0 Å². The molecule has 2 atom stereocenters.